The molecule has 2 N–H and O–H groups in total. The van der Waals surface area contributed by atoms with Crippen molar-refractivity contribution in [1.29, 1.82) is 0 Å². The van der Waals surface area contributed by atoms with Gasteiger partial charge < -0.3 is 10.3 Å². The molecule has 0 aliphatic carbocycles. The van der Waals surface area contributed by atoms with Crippen molar-refractivity contribution in [2.45, 2.75) is 26.3 Å². The fourth-order valence-electron chi connectivity index (χ4n) is 1.96. The van der Waals surface area contributed by atoms with Crippen molar-refractivity contribution in [2.75, 3.05) is 0 Å². The summed E-state index contributed by atoms with van der Waals surface area (Å²) in [5.41, 5.74) is 1.69. The van der Waals surface area contributed by atoms with Crippen LogP contribution >= 0.6 is 0 Å². The fourth-order valence-corrected chi connectivity index (χ4v) is 1.96. The van der Waals surface area contributed by atoms with E-state index < -0.39 is 0 Å². The van der Waals surface area contributed by atoms with Gasteiger partial charge in [0.05, 0.1) is 11.7 Å². The third-order valence-corrected chi connectivity index (χ3v) is 2.99. The molecule has 0 aromatic carbocycles. The van der Waals surface area contributed by atoms with Gasteiger partial charge in [0.2, 0.25) is 5.56 Å². The predicted octanol–water partition coefficient (Wildman–Crippen LogP) is 1.96. The minimum Gasteiger partial charge on any atom is -0.342 e. The average molecular weight is 271 g/mol. The molecule has 1 atom stereocenters. The second kappa shape index (κ2) is 6.14. The Bertz CT molecular complexity index is 664. The number of aryl methyl sites for hydroxylation is 1. The first-order chi connectivity index (χ1) is 9.60. The number of H-pyrrole nitrogens is 1. The number of nitrogens with one attached hydrogen (secondary N) is 2. The Morgan fingerprint density at radius 2 is 2.05 bits per heavy atom. The normalized spacial score (nSPS) is 11.9. The molecule has 0 radical (unpaired) electrons. The lowest BCUT2D eigenvalue weighted by molar-refractivity contribution is 0.0929. The summed E-state index contributed by atoms with van der Waals surface area (Å²) in [4.78, 5) is 30.3. The molecule has 5 heteroatoms. The summed E-state index contributed by atoms with van der Waals surface area (Å²) in [6, 6.07) is 10.0. The number of carbonyl (C=O) groups excluding carboxylic acids is 1. The second-order valence-corrected chi connectivity index (χ2v) is 4.57. The summed E-state index contributed by atoms with van der Waals surface area (Å²) in [5, 5.41) is 2.88. The van der Waals surface area contributed by atoms with E-state index in [1.807, 2.05) is 32.0 Å². The Morgan fingerprint density at radius 1 is 1.30 bits per heavy atom. The van der Waals surface area contributed by atoms with Crippen molar-refractivity contribution in [3.8, 4) is 0 Å². The van der Waals surface area contributed by atoms with Gasteiger partial charge in [0.1, 0.15) is 5.69 Å². The van der Waals surface area contributed by atoms with Crippen LogP contribution in [0.4, 0.5) is 0 Å². The lowest BCUT2D eigenvalue weighted by Crippen LogP contribution is -2.30. The molecule has 104 valence electrons. The van der Waals surface area contributed by atoms with Crippen molar-refractivity contribution in [2.24, 2.45) is 0 Å². The zero-order valence-corrected chi connectivity index (χ0v) is 11.5. The van der Waals surface area contributed by atoms with Gasteiger partial charge in [-0.25, -0.2) is 0 Å². The minimum absolute atomic E-state index is 0.175. The van der Waals surface area contributed by atoms with E-state index >= 15 is 0 Å². The summed E-state index contributed by atoms with van der Waals surface area (Å²) in [6.07, 6.45) is 0.721. The van der Waals surface area contributed by atoms with Crippen LogP contribution in [0.15, 0.2) is 41.2 Å². The molecule has 20 heavy (non-hydrogen) atoms. The number of aromatic nitrogens is 2. The van der Waals surface area contributed by atoms with Crippen LogP contribution in [0.2, 0.25) is 0 Å². The molecule has 0 unspecified atom stereocenters. The van der Waals surface area contributed by atoms with Gasteiger partial charge in [-0.1, -0.05) is 19.1 Å². The van der Waals surface area contributed by atoms with Crippen LogP contribution in [0, 0.1) is 6.92 Å². The van der Waals surface area contributed by atoms with Crippen LogP contribution in [-0.2, 0) is 0 Å². The molecule has 0 saturated heterocycles. The third-order valence-electron chi connectivity index (χ3n) is 2.99. The molecule has 0 spiro atoms. The van der Waals surface area contributed by atoms with Crippen LogP contribution in [0.5, 0.6) is 0 Å². The van der Waals surface area contributed by atoms with Gasteiger partial charge in [-0.2, -0.15) is 0 Å². The highest BCUT2D eigenvalue weighted by Gasteiger charge is 2.15. The Balaban J connectivity index is 2.18. The second-order valence-electron chi connectivity index (χ2n) is 4.57. The van der Waals surface area contributed by atoms with Crippen LogP contribution in [0.3, 0.4) is 0 Å². The summed E-state index contributed by atoms with van der Waals surface area (Å²) in [5.74, 6) is -0.308. The zero-order chi connectivity index (χ0) is 14.5. The molecule has 0 aliphatic rings. The largest absolute Gasteiger partial charge is 0.342 e. The average Bonchev–Trinajstić information content (AvgIpc) is 2.44. The summed E-state index contributed by atoms with van der Waals surface area (Å²) < 4.78 is 0. The van der Waals surface area contributed by atoms with Gasteiger partial charge >= 0.3 is 0 Å². The van der Waals surface area contributed by atoms with Crippen LogP contribution in [-0.4, -0.2) is 15.9 Å². The molecule has 2 rings (SSSR count). The van der Waals surface area contributed by atoms with Crippen LogP contribution < -0.4 is 10.9 Å². The van der Waals surface area contributed by atoms with Crippen molar-refractivity contribution in [3.63, 3.8) is 0 Å². The molecule has 2 aromatic heterocycles. The zero-order valence-electron chi connectivity index (χ0n) is 11.5. The maximum absolute atomic E-state index is 12.1. The first-order valence-corrected chi connectivity index (χ1v) is 6.54. The van der Waals surface area contributed by atoms with E-state index in [4.69, 9.17) is 0 Å². The molecule has 0 saturated carbocycles. The lowest BCUT2D eigenvalue weighted by Gasteiger charge is -2.16. The van der Waals surface area contributed by atoms with E-state index in [1.54, 1.807) is 12.1 Å². The highest BCUT2D eigenvalue weighted by atomic mass is 16.2. The maximum Gasteiger partial charge on any atom is 0.268 e. The van der Waals surface area contributed by atoms with Gasteiger partial charge in [0.15, 0.2) is 0 Å². The fraction of sp³-hybridized carbons (Fsp3) is 0.267. The first-order valence-electron chi connectivity index (χ1n) is 6.54. The number of hydrogen-bond acceptors (Lipinski definition) is 3. The number of rotatable bonds is 4. The predicted molar refractivity (Wildman–Crippen MR) is 76.5 cm³/mol. The topological polar surface area (TPSA) is 74.8 Å². The van der Waals surface area contributed by atoms with E-state index in [0.717, 1.165) is 17.8 Å². The van der Waals surface area contributed by atoms with Gasteiger partial charge in [0.25, 0.3) is 5.91 Å². The molecular weight excluding hydrogens is 254 g/mol. The molecule has 0 aliphatic heterocycles. The summed E-state index contributed by atoms with van der Waals surface area (Å²) in [6.45, 7) is 3.88. The van der Waals surface area contributed by atoms with Gasteiger partial charge in [-0.3, -0.25) is 14.6 Å². The van der Waals surface area contributed by atoms with E-state index in [0.29, 0.717) is 0 Å². The van der Waals surface area contributed by atoms with E-state index in [9.17, 15) is 9.59 Å². The van der Waals surface area contributed by atoms with Crippen molar-refractivity contribution < 1.29 is 4.79 Å². The Kier molecular flexibility index (Phi) is 4.30. The Labute approximate surface area is 117 Å². The lowest BCUT2D eigenvalue weighted by atomic mass is 10.1. The number of pyridine rings is 2. The minimum atomic E-state index is -0.308. The van der Waals surface area contributed by atoms with E-state index in [1.165, 1.54) is 6.07 Å². The Hall–Kier alpha value is -2.43. The van der Waals surface area contributed by atoms with E-state index in [-0.39, 0.29) is 23.2 Å². The van der Waals surface area contributed by atoms with Crippen molar-refractivity contribution in [1.82, 2.24) is 15.3 Å². The highest BCUT2D eigenvalue weighted by Crippen LogP contribution is 2.15. The number of aromatic amines is 1. The van der Waals surface area contributed by atoms with E-state index in [2.05, 4.69) is 15.3 Å². The van der Waals surface area contributed by atoms with Gasteiger partial charge in [-0.15, -0.1) is 0 Å². The maximum atomic E-state index is 12.1. The summed E-state index contributed by atoms with van der Waals surface area (Å²) in [7, 11) is 0. The molecular formula is C15H17N3O2. The smallest absolute Gasteiger partial charge is 0.268 e. The monoisotopic (exact) mass is 271 g/mol. The van der Waals surface area contributed by atoms with Crippen molar-refractivity contribution >= 4 is 5.91 Å². The molecule has 5 nitrogen and oxygen atoms in total. The SMILES string of the molecule is CC[C@@H](NC(=O)c1cccc(=O)[nH]1)c1cccc(C)n1. The van der Waals surface area contributed by atoms with Gasteiger partial charge in [0, 0.05) is 11.8 Å². The van der Waals surface area contributed by atoms with Crippen LogP contribution in [0.1, 0.15) is 41.3 Å². The van der Waals surface area contributed by atoms with Crippen molar-refractivity contribution in [3.05, 3.63) is 63.8 Å². The quantitative estimate of drug-likeness (QED) is 0.892. The molecule has 0 fully saturated rings. The van der Waals surface area contributed by atoms with Gasteiger partial charge in [-0.05, 0) is 31.5 Å². The van der Waals surface area contributed by atoms with Crippen LogP contribution in [0.25, 0.3) is 0 Å². The highest BCUT2D eigenvalue weighted by molar-refractivity contribution is 5.92. The number of carbonyl (C=O) groups is 1. The number of hydrogen-bond donors (Lipinski definition) is 2. The first kappa shape index (κ1) is 14.0. The Morgan fingerprint density at radius 3 is 2.70 bits per heavy atom. The standard InChI is InChI=1S/C15H17N3O2/c1-3-11(12-7-4-6-10(2)16-12)18-15(20)13-8-5-9-14(19)17-13/h4-9,11H,3H2,1-2H3,(H,17,19)(H,18,20)/t11-/m1/s1. The number of amides is 1. The third kappa shape index (κ3) is 3.32. The molecule has 1 amide bonds. The molecule has 2 heterocycles. The molecule has 2 aromatic rings. The number of nitrogens with zero attached hydrogens (tertiary/aromatic N) is 1. The summed E-state index contributed by atoms with van der Waals surface area (Å²) >= 11 is 0. The molecule has 0 bridgehead atoms.